The van der Waals surface area contributed by atoms with Crippen molar-refractivity contribution in [1.82, 2.24) is 14.8 Å². The van der Waals surface area contributed by atoms with Gasteiger partial charge in [0, 0.05) is 25.3 Å². The number of pyridine rings is 1. The van der Waals surface area contributed by atoms with Gasteiger partial charge in [-0.15, -0.1) is 0 Å². The minimum atomic E-state index is -0.113. The van der Waals surface area contributed by atoms with Gasteiger partial charge in [-0.3, -0.25) is 14.7 Å². The van der Waals surface area contributed by atoms with E-state index in [1.807, 2.05) is 23.1 Å². The molecule has 0 aliphatic carbocycles. The molecule has 21 heavy (non-hydrogen) atoms. The lowest BCUT2D eigenvalue weighted by molar-refractivity contribution is -0.136. The zero-order valence-electron chi connectivity index (χ0n) is 13.1. The fraction of sp³-hybridized carbons (Fsp3) is 0.647. The van der Waals surface area contributed by atoms with Gasteiger partial charge in [-0.05, 0) is 44.9 Å². The first-order chi connectivity index (χ1) is 10.1. The van der Waals surface area contributed by atoms with Gasteiger partial charge in [0.25, 0.3) is 0 Å². The van der Waals surface area contributed by atoms with Crippen LogP contribution in [0.4, 0.5) is 0 Å². The number of hydrogen-bond acceptors (Lipinski definition) is 3. The van der Waals surface area contributed by atoms with E-state index in [4.69, 9.17) is 0 Å². The summed E-state index contributed by atoms with van der Waals surface area (Å²) < 4.78 is 0. The second-order valence-electron chi connectivity index (χ2n) is 6.56. The van der Waals surface area contributed by atoms with Crippen LogP contribution in [0.5, 0.6) is 0 Å². The Morgan fingerprint density at radius 3 is 2.86 bits per heavy atom. The lowest BCUT2D eigenvalue weighted by atomic mass is 9.85. The lowest BCUT2D eigenvalue weighted by Crippen LogP contribution is -2.38. The van der Waals surface area contributed by atoms with E-state index in [1.165, 1.54) is 0 Å². The summed E-state index contributed by atoms with van der Waals surface area (Å²) in [6.45, 7) is 8.04. The first-order valence-corrected chi connectivity index (χ1v) is 8.08. The van der Waals surface area contributed by atoms with Crippen molar-refractivity contribution in [2.75, 3.05) is 19.6 Å². The molecular weight excluding hydrogens is 262 g/mol. The second kappa shape index (κ2) is 5.76. The van der Waals surface area contributed by atoms with E-state index in [-0.39, 0.29) is 5.41 Å². The van der Waals surface area contributed by atoms with E-state index >= 15 is 0 Å². The van der Waals surface area contributed by atoms with Gasteiger partial charge < -0.3 is 4.90 Å². The Labute approximate surface area is 127 Å². The third-order valence-electron chi connectivity index (χ3n) is 5.28. The van der Waals surface area contributed by atoms with Gasteiger partial charge in [-0.1, -0.05) is 13.0 Å². The van der Waals surface area contributed by atoms with Crippen LogP contribution < -0.4 is 0 Å². The van der Waals surface area contributed by atoms with Crippen LogP contribution in [0, 0.1) is 5.41 Å². The van der Waals surface area contributed by atoms with Gasteiger partial charge >= 0.3 is 0 Å². The molecule has 2 aliphatic rings. The fourth-order valence-electron chi connectivity index (χ4n) is 3.65. The van der Waals surface area contributed by atoms with Crippen molar-refractivity contribution in [3.63, 3.8) is 0 Å². The third-order valence-corrected chi connectivity index (χ3v) is 5.28. The highest BCUT2D eigenvalue weighted by Gasteiger charge is 2.50. The largest absolute Gasteiger partial charge is 0.336 e. The van der Waals surface area contributed by atoms with Crippen molar-refractivity contribution in [3.05, 3.63) is 30.1 Å². The summed E-state index contributed by atoms with van der Waals surface area (Å²) in [6, 6.07) is 6.48. The van der Waals surface area contributed by atoms with Gasteiger partial charge in [-0.25, -0.2) is 0 Å². The SMILES string of the molecule is CCC(C)N1CCC2(CCN(Cc3ccccn3)C2=O)C1. The van der Waals surface area contributed by atoms with Gasteiger partial charge in [0.1, 0.15) is 0 Å². The predicted octanol–water partition coefficient (Wildman–Crippen LogP) is 2.30. The lowest BCUT2D eigenvalue weighted by Gasteiger charge is -2.26. The average molecular weight is 287 g/mol. The van der Waals surface area contributed by atoms with E-state index in [0.29, 0.717) is 18.5 Å². The molecule has 2 aliphatic heterocycles. The number of nitrogens with zero attached hydrogens (tertiary/aromatic N) is 3. The Balaban J connectivity index is 1.67. The van der Waals surface area contributed by atoms with Crippen molar-refractivity contribution in [3.8, 4) is 0 Å². The first-order valence-electron chi connectivity index (χ1n) is 8.08. The molecule has 0 saturated carbocycles. The second-order valence-corrected chi connectivity index (χ2v) is 6.56. The molecule has 0 N–H and O–H groups in total. The van der Waals surface area contributed by atoms with Crippen LogP contribution in [0.25, 0.3) is 0 Å². The van der Waals surface area contributed by atoms with E-state index in [2.05, 4.69) is 23.7 Å². The van der Waals surface area contributed by atoms with Crippen LogP contribution in [-0.4, -0.2) is 46.4 Å². The number of likely N-dealkylation sites (tertiary alicyclic amines) is 2. The van der Waals surface area contributed by atoms with Crippen LogP contribution in [0.15, 0.2) is 24.4 Å². The number of rotatable bonds is 4. The van der Waals surface area contributed by atoms with E-state index < -0.39 is 0 Å². The number of carbonyl (C=O) groups is 1. The minimum absolute atomic E-state index is 0.113. The van der Waals surface area contributed by atoms with Crippen LogP contribution in [-0.2, 0) is 11.3 Å². The van der Waals surface area contributed by atoms with Crippen molar-refractivity contribution < 1.29 is 4.79 Å². The quantitative estimate of drug-likeness (QED) is 0.852. The molecule has 1 amide bonds. The number of aromatic nitrogens is 1. The zero-order valence-corrected chi connectivity index (χ0v) is 13.1. The molecule has 1 spiro atoms. The molecule has 2 unspecified atom stereocenters. The van der Waals surface area contributed by atoms with Gasteiger partial charge in [0.15, 0.2) is 0 Å². The molecule has 114 valence electrons. The fourth-order valence-corrected chi connectivity index (χ4v) is 3.65. The number of hydrogen-bond donors (Lipinski definition) is 0. The summed E-state index contributed by atoms with van der Waals surface area (Å²) >= 11 is 0. The van der Waals surface area contributed by atoms with Gasteiger partial charge in [-0.2, -0.15) is 0 Å². The van der Waals surface area contributed by atoms with Crippen LogP contribution in [0.1, 0.15) is 38.8 Å². The van der Waals surface area contributed by atoms with Crippen LogP contribution in [0.2, 0.25) is 0 Å². The Morgan fingerprint density at radius 2 is 2.14 bits per heavy atom. The van der Waals surface area contributed by atoms with E-state index in [9.17, 15) is 4.79 Å². The van der Waals surface area contributed by atoms with Crippen molar-refractivity contribution in [1.29, 1.82) is 0 Å². The average Bonchev–Trinajstić information content (AvgIpc) is 3.08. The topological polar surface area (TPSA) is 36.4 Å². The summed E-state index contributed by atoms with van der Waals surface area (Å²) in [5.41, 5.74) is 0.873. The first kappa shape index (κ1) is 14.5. The Kier molecular flexibility index (Phi) is 3.98. The van der Waals surface area contributed by atoms with E-state index in [0.717, 1.165) is 44.6 Å². The normalized spacial score (nSPS) is 27.7. The van der Waals surface area contributed by atoms with Crippen LogP contribution in [0.3, 0.4) is 0 Å². The monoisotopic (exact) mass is 287 g/mol. The molecule has 3 rings (SSSR count). The molecule has 1 aromatic rings. The van der Waals surface area contributed by atoms with Crippen molar-refractivity contribution in [2.45, 2.75) is 45.7 Å². The summed E-state index contributed by atoms with van der Waals surface area (Å²) in [5.74, 6) is 0.346. The molecule has 3 heterocycles. The summed E-state index contributed by atoms with van der Waals surface area (Å²) in [5, 5.41) is 0. The third kappa shape index (κ3) is 2.69. The molecule has 1 aromatic heterocycles. The molecule has 4 nitrogen and oxygen atoms in total. The maximum Gasteiger partial charge on any atom is 0.230 e. The molecule has 2 atom stereocenters. The Morgan fingerprint density at radius 1 is 1.33 bits per heavy atom. The highest BCUT2D eigenvalue weighted by molar-refractivity contribution is 5.85. The maximum absolute atomic E-state index is 12.9. The Hall–Kier alpha value is -1.42. The number of carbonyl (C=O) groups excluding carboxylic acids is 1. The molecular formula is C17H25N3O. The highest BCUT2D eigenvalue weighted by atomic mass is 16.2. The van der Waals surface area contributed by atoms with Gasteiger partial charge in [0.2, 0.25) is 5.91 Å². The summed E-state index contributed by atoms with van der Waals surface area (Å²) in [6.07, 6.45) is 4.98. The van der Waals surface area contributed by atoms with E-state index in [1.54, 1.807) is 6.20 Å². The van der Waals surface area contributed by atoms with Crippen molar-refractivity contribution >= 4 is 5.91 Å². The predicted molar refractivity (Wildman–Crippen MR) is 82.6 cm³/mol. The molecule has 0 aromatic carbocycles. The molecule has 2 saturated heterocycles. The molecule has 4 heteroatoms. The standard InChI is InChI=1S/C17H25N3O/c1-3-14(2)20-11-8-17(13-20)7-10-19(16(17)21)12-15-6-4-5-9-18-15/h4-6,9,14H,3,7-8,10-13H2,1-2H3. The van der Waals surface area contributed by atoms with Gasteiger partial charge in [0.05, 0.1) is 17.7 Å². The van der Waals surface area contributed by atoms with Crippen LogP contribution >= 0.6 is 0 Å². The van der Waals surface area contributed by atoms with Crippen molar-refractivity contribution in [2.24, 2.45) is 5.41 Å². The molecule has 0 radical (unpaired) electrons. The summed E-state index contributed by atoms with van der Waals surface area (Å²) in [4.78, 5) is 21.7. The maximum atomic E-state index is 12.9. The number of amides is 1. The highest BCUT2D eigenvalue weighted by Crippen LogP contribution is 2.41. The molecule has 0 bridgehead atoms. The zero-order chi connectivity index (χ0) is 14.9. The summed E-state index contributed by atoms with van der Waals surface area (Å²) in [7, 11) is 0. The smallest absolute Gasteiger partial charge is 0.230 e. The minimum Gasteiger partial charge on any atom is -0.336 e. The Bertz CT molecular complexity index is 504. The molecule has 2 fully saturated rings.